The molecule has 1 aliphatic heterocycles. The van der Waals surface area contributed by atoms with Crippen LogP contribution in [0.3, 0.4) is 0 Å². The monoisotopic (exact) mass is 391 g/mol. The molecule has 5 nitrogen and oxygen atoms in total. The number of ether oxygens (including phenoxy) is 1. The molecule has 1 atom stereocenters. The highest BCUT2D eigenvalue weighted by Gasteiger charge is 2.34. The summed E-state index contributed by atoms with van der Waals surface area (Å²) in [5.41, 5.74) is 1.14. The number of halogens is 1. The fraction of sp³-hybridized carbons (Fsp3) is 0.350. The van der Waals surface area contributed by atoms with Gasteiger partial charge in [-0.25, -0.2) is 12.8 Å². The van der Waals surface area contributed by atoms with Gasteiger partial charge in [0, 0.05) is 13.1 Å². The van der Waals surface area contributed by atoms with Crippen molar-refractivity contribution in [3.63, 3.8) is 0 Å². The van der Waals surface area contributed by atoms with E-state index < -0.39 is 27.7 Å². The van der Waals surface area contributed by atoms with Crippen molar-refractivity contribution >= 4 is 16.0 Å². The van der Waals surface area contributed by atoms with Gasteiger partial charge in [-0.1, -0.05) is 19.1 Å². The molecule has 2 aromatic carbocycles. The number of esters is 1. The second kappa shape index (κ2) is 8.19. The number of sulfonamides is 1. The van der Waals surface area contributed by atoms with Crippen LogP contribution in [0.25, 0.3) is 0 Å². The second-order valence-electron chi connectivity index (χ2n) is 6.57. The Labute approximate surface area is 158 Å². The minimum Gasteiger partial charge on any atom is -0.426 e. The van der Waals surface area contributed by atoms with Crippen LogP contribution in [0.4, 0.5) is 4.39 Å². The number of piperidine rings is 1. The van der Waals surface area contributed by atoms with Crippen molar-refractivity contribution in [1.29, 1.82) is 0 Å². The largest absolute Gasteiger partial charge is 0.426 e. The van der Waals surface area contributed by atoms with Crippen LogP contribution in [0.2, 0.25) is 0 Å². The summed E-state index contributed by atoms with van der Waals surface area (Å²) in [6.07, 6.45) is 2.03. The first-order valence-corrected chi connectivity index (χ1v) is 10.4. The van der Waals surface area contributed by atoms with Gasteiger partial charge >= 0.3 is 5.97 Å². The Kier molecular flexibility index (Phi) is 5.92. The molecular weight excluding hydrogens is 369 g/mol. The molecule has 0 N–H and O–H groups in total. The summed E-state index contributed by atoms with van der Waals surface area (Å²) in [5.74, 6) is -1.00. The SMILES string of the molecule is CCc1ccc(OC(=O)[C@H]2CCCN(S(=O)(=O)c3ccc(F)cc3)C2)cc1. The zero-order chi connectivity index (χ0) is 19.4. The zero-order valence-corrected chi connectivity index (χ0v) is 15.9. The predicted octanol–water partition coefficient (Wildman–Crippen LogP) is 3.39. The molecule has 7 heteroatoms. The first-order valence-electron chi connectivity index (χ1n) is 8.96. The maximum atomic E-state index is 13.1. The van der Waals surface area contributed by atoms with Gasteiger partial charge in [-0.3, -0.25) is 4.79 Å². The quantitative estimate of drug-likeness (QED) is 0.579. The molecule has 0 amide bonds. The van der Waals surface area contributed by atoms with Crippen LogP contribution < -0.4 is 4.74 Å². The minimum atomic E-state index is -3.77. The van der Waals surface area contributed by atoms with Gasteiger partial charge in [0.25, 0.3) is 0 Å². The molecule has 0 spiro atoms. The van der Waals surface area contributed by atoms with Crippen molar-refractivity contribution in [3.8, 4) is 5.75 Å². The molecule has 1 aliphatic rings. The van der Waals surface area contributed by atoms with E-state index in [0.29, 0.717) is 25.1 Å². The van der Waals surface area contributed by atoms with Crippen LogP contribution >= 0.6 is 0 Å². The lowest BCUT2D eigenvalue weighted by Gasteiger charge is -2.30. The van der Waals surface area contributed by atoms with Crippen molar-refractivity contribution in [2.24, 2.45) is 5.92 Å². The molecule has 2 aromatic rings. The summed E-state index contributed by atoms with van der Waals surface area (Å²) in [6, 6.07) is 12.0. The van der Waals surface area contributed by atoms with Crippen molar-refractivity contribution in [3.05, 3.63) is 59.9 Å². The van der Waals surface area contributed by atoms with E-state index in [1.807, 2.05) is 19.1 Å². The van der Waals surface area contributed by atoms with Crippen LogP contribution in [-0.2, 0) is 21.2 Å². The second-order valence-corrected chi connectivity index (χ2v) is 8.51. The highest BCUT2D eigenvalue weighted by molar-refractivity contribution is 7.89. The minimum absolute atomic E-state index is 0.0214. The highest BCUT2D eigenvalue weighted by Crippen LogP contribution is 2.25. The van der Waals surface area contributed by atoms with Crippen LogP contribution in [0, 0.1) is 11.7 Å². The Morgan fingerprint density at radius 2 is 1.81 bits per heavy atom. The number of hydrogen-bond donors (Lipinski definition) is 0. The molecule has 1 fully saturated rings. The summed E-state index contributed by atoms with van der Waals surface area (Å²) >= 11 is 0. The lowest BCUT2D eigenvalue weighted by molar-refractivity contribution is -0.140. The van der Waals surface area contributed by atoms with E-state index in [9.17, 15) is 17.6 Å². The average molecular weight is 391 g/mol. The third-order valence-electron chi connectivity index (χ3n) is 4.72. The Morgan fingerprint density at radius 3 is 2.44 bits per heavy atom. The van der Waals surface area contributed by atoms with Gasteiger partial charge in [0.1, 0.15) is 11.6 Å². The van der Waals surface area contributed by atoms with Crippen LogP contribution in [0.5, 0.6) is 5.75 Å². The number of benzene rings is 2. The molecule has 0 radical (unpaired) electrons. The predicted molar refractivity (Wildman–Crippen MR) is 99.3 cm³/mol. The van der Waals surface area contributed by atoms with Gasteiger partial charge in [0.2, 0.25) is 10.0 Å². The van der Waals surface area contributed by atoms with E-state index in [1.165, 1.54) is 16.4 Å². The maximum absolute atomic E-state index is 13.1. The van der Waals surface area contributed by atoms with Crippen molar-refractivity contribution in [2.45, 2.75) is 31.1 Å². The Bertz CT molecular complexity index is 895. The van der Waals surface area contributed by atoms with Crippen molar-refractivity contribution in [2.75, 3.05) is 13.1 Å². The molecule has 1 heterocycles. The van der Waals surface area contributed by atoms with Crippen molar-refractivity contribution < 1.29 is 22.3 Å². The van der Waals surface area contributed by atoms with Crippen LogP contribution in [0.15, 0.2) is 53.4 Å². The molecule has 0 bridgehead atoms. The number of nitrogens with zero attached hydrogens (tertiary/aromatic N) is 1. The molecule has 0 unspecified atom stereocenters. The molecule has 27 heavy (non-hydrogen) atoms. The van der Waals surface area contributed by atoms with E-state index in [2.05, 4.69) is 0 Å². The number of rotatable bonds is 5. The fourth-order valence-corrected chi connectivity index (χ4v) is 4.63. The molecule has 144 valence electrons. The summed E-state index contributed by atoms with van der Waals surface area (Å²) in [7, 11) is -3.77. The summed E-state index contributed by atoms with van der Waals surface area (Å²) in [4.78, 5) is 12.5. The molecule has 1 saturated heterocycles. The van der Waals surface area contributed by atoms with E-state index in [-0.39, 0.29) is 11.4 Å². The number of aryl methyl sites for hydroxylation is 1. The molecule has 0 saturated carbocycles. The lowest BCUT2D eigenvalue weighted by Crippen LogP contribution is -2.43. The Hall–Kier alpha value is -2.25. The summed E-state index contributed by atoms with van der Waals surface area (Å²) < 4.78 is 45.3. The number of hydrogen-bond acceptors (Lipinski definition) is 4. The molecule has 0 aliphatic carbocycles. The van der Waals surface area contributed by atoms with Crippen LogP contribution in [0.1, 0.15) is 25.3 Å². The third-order valence-corrected chi connectivity index (χ3v) is 6.60. The standard InChI is InChI=1S/C20H22FNO4S/c1-2-15-5-9-18(10-6-15)26-20(23)16-4-3-13-22(14-16)27(24,25)19-11-7-17(21)8-12-19/h5-12,16H,2-4,13-14H2,1H3/t16-/m0/s1. The highest BCUT2D eigenvalue weighted by atomic mass is 32.2. The third kappa shape index (κ3) is 4.54. The van der Waals surface area contributed by atoms with Crippen molar-refractivity contribution in [1.82, 2.24) is 4.31 Å². The van der Waals surface area contributed by atoms with E-state index in [1.54, 1.807) is 12.1 Å². The first-order chi connectivity index (χ1) is 12.9. The van der Waals surface area contributed by atoms with Gasteiger partial charge in [-0.15, -0.1) is 0 Å². The normalized spacial score (nSPS) is 18.2. The molecular formula is C20H22FNO4S. The zero-order valence-electron chi connectivity index (χ0n) is 15.1. The Morgan fingerprint density at radius 1 is 1.15 bits per heavy atom. The summed E-state index contributed by atoms with van der Waals surface area (Å²) in [6.45, 7) is 2.43. The van der Waals surface area contributed by atoms with Gasteiger partial charge in [0.15, 0.2) is 0 Å². The van der Waals surface area contributed by atoms with Gasteiger partial charge in [-0.2, -0.15) is 4.31 Å². The lowest BCUT2D eigenvalue weighted by atomic mass is 10.00. The summed E-state index contributed by atoms with van der Waals surface area (Å²) in [5, 5.41) is 0. The molecule has 0 aromatic heterocycles. The number of carbonyl (C=O) groups is 1. The van der Waals surface area contributed by atoms with Gasteiger partial charge in [0.05, 0.1) is 10.8 Å². The van der Waals surface area contributed by atoms with E-state index in [4.69, 9.17) is 4.74 Å². The first kappa shape index (κ1) is 19.5. The molecule has 3 rings (SSSR count). The van der Waals surface area contributed by atoms with Gasteiger partial charge < -0.3 is 4.74 Å². The number of carbonyl (C=O) groups excluding carboxylic acids is 1. The topological polar surface area (TPSA) is 63.7 Å². The van der Waals surface area contributed by atoms with E-state index in [0.717, 1.165) is 24.1 Å². The maximum Gasteiger partial charge on any atom is 0.315 e. The smallest absolute Gasteiger partial charge is 0.315 e. The van der Waals surface area contributed by atoms with Crippen LogP contribution in [-0.4, -0.2) is 31.8 Å². The van der Waals surface area contributed by atoms with E-state index >= 15 is 0 Å². The Balaban J connectivity index is 1.69. The van der Waals surface area contributed by atoms with Gasteiger partial charge in [-0.05, 0) is 61.2 Å². The average Bonchev–Trinajstić information content (AvgIpc) is 2.69. The fourth-order valence-electron chi connectivity index (χ4n) is 3.10.